The molecule has 27 heavy (non-hydrogen) atoms. The lowest BCUT2D eigenvalue weighted by molar-refractivity contribution is 0.0721. The molecule has 4 heterocycles. The monoisotopic (exact) mass is 383 g/mol. The highest BCUT2D eigenvalue weighted by atomic mass is 32.1. The van der Waals surface area contributed by atoms with E-state index in [-0.39, 0.29) is 18.1 Å². The fourth-order valence-corrected chi connectivity index (χ4v) is 4.05. The van der Waals surface area contributed by atoms with Crippen LogP contribution in [0.4, 0.5) is 5.95 Å². The quantitative estimate of drug-likeness (QED) is 0.729. The van der Waals surface area contributed by atoms with Crippen molar-refractivity contribution in [3.05, 3.63) is 47.2 Å². The summed E-state index contributed by atoms with van der Waals surface area (Å²) in [5.74, 6) is 0.379. The minimum absolute atomic E-state index is 0.0256. The van der Waals surface area contributed by atoms with Crippen molar-refractivity contribution in [3.8, 4) is 0 Å². The number of aromatic nitrogens is 3. The van der Waals surface area contributed by atoms with Crippen molar-refractivity contribution < 1.29 is 9.53 Å². The van der Waals surface area contributed by atoms with Crippen LogP contribution in [0.2, 0.25) is 0 Å². The SMILES string of the molecule is CO[C@@H]1CCN(C(=O)c2nc(N[C@@H](C)c3cccnc3)nc3ccsc23)C1. The van der Waals surface area contributed by atoms with Crippen molar-refractivity contribution in [2.24, 2.45) is 0 Å². The molecule has 0 saturated carbocycles. The molecular weight excluding hydrogens is 362 g/mol. The van der Waals surface area contributed by atoms with E-state index in [9.17, 15) is 4.79 Å². The highest BCUT2D eigenvalue weighted by Crippen LogP contribution is 2.27. The van der Waals surface area contributed by atoms with Gasteiger partial charge in [0.05, 0.1) is 22.4 Å². The molecule has 3 aromatic heterocycles. The Morgan fingerprint density at radius 3 is 3.04 bits per heavy atom. The first-order valence-corrected chi connectivity index (χ1v) is 9.77. The molecule has 8 heteroatoms. The number of amides is 1. The van der Waals surface area contributed by atoms with Gasteiger partial charge in [-0.25, -0.2) is 9.97 Å². The summed E-state index contributed by atoms with van der Waals surface area (Å²) in [6.07, 6.45) is 4.49. The lowest BCUT2D eigenvalue weighted by Crippen LogP contribution is -2.31. The molecule has 4 rings (SSSR count). The number of fused-ring (bicyclic) bond motifs is 1. The first kappa shape index (κ1) is 17.8. The number of rotatable bonds is 5. The van der Waals surface area contributed by atoms with Gasteiger partial charge < -0.3 is 15.0 Å². The molecule has 1 amide bonds. The molecule has 1 N–H and O–H groups in total. The van der Waals surface area contributed by atoms with Gasteiger partial charge >= 0.3 is 0 Å². The first-order chi connectivity index (χ1) is 13.2. The van der Waals surface area contributed by atoms with Gasteiger partial charge in [-0.2, -0.15) is 0 Å². The molecule has 1 aliphatic heterocycles. The van der Waals surface area contributed by atoms with Crippen molar-refractivity contribution in [1.29, 1.82) is 0 Å². The highest BCUT2D eigenvalue weighted by Gasteiger charge is 2.29. The van der Waals surface area contributed by atoms with E-state index in [1.165, 1.54) is 11.3 Å². The zero-order chi connectivity index (χ0) is 18.8. The van der Waals surface area contributed by atoms with Crippen LogP contribution in [-0.4, -0.2) is 52.1 Å². The Morgan fingerprint density at radius 2 is 2.30 bits per heavy atom. The van der Waals surface area contributed by atoms with E-state index < -0.39 is 0 Å². The fraction of sp³-hybridized carbons (Fsp3) is 0.368. The van der Waals surface area contributed by atoms with Crippen LogP contribution in [0.15, 0.2) is 36.0 Å². The number of thiophene rings is 1. The molecule has 7 nitrogen and oxygen atoms in total. The molecule has 2 atom stereocenters. The largest absolute Gasteiger partial charge is 0.380 e. The van der Waals surface area contributed by atoms with Gasteiger partial charge in [0, 0.05) is 32.6 Å². The number of hydrogen-bond acceptors (Lipinski definition) is 7. The number of likely N-dealkylation sites (tertiary alicyclic amines) is 1. The number of methoxy groups -OCH3 is 1. The van der Waals surface area contributed by atoms with Crippen molar-refractivity contribution in [2.75, 3.05) is 25.5 Å². The van der Waals surface area contributed by atoms with Gasteiger partial charge in [-0.1, -0.05) is 6.07 Å². The van der Waals surface area contributed by atoms with E-state index in [0.29, 0.717) is 24.7 Å². The summed E-state index contributed by atoms with van der Waals surface area (Å²) < 4.78 is 6.20. The molecule has 1 aliphatic rings. The third-order valence-corrected chi connectivity index (χ3v) is 5.71. The number of pyridine rings is 1. The number of carbonyl (C=O) groups is 1. The van der Waals surface area contributed by atoms with Gasteiger partial charge in [0.1, 0.15) is 0 Å². The zero-order valence-corrected chi connectivity index (χ0v) is 16.1. The maximum Gasteiger partial charge on any atom is 0.274 e. The van der Waals surface area contributed by atoms with Crippen LogP contribution >= 0.6 is 11.3 Å². The van der Waals surface area contributed by atoms with Crippen LogP contribution in [0.3, 0.4) is 0 Å². The molecule has 0 aliphatic carbocycles. The summed E-state index contributed by atoms with van der Waals surface area (Å²) in [6, 6.07) is 5.78. The Kier molecular flexibility index (Phi) is 5.00. The van der Waals surface area contributed by atoms with E-state index in [4.69, 9.17) is 4.74 Å². The minimum Gasteiger partial charge on any atom is -0.380 e. The zero-order valence-electron chi connectivity index (χ0n) is 15.3. The van der Waals surface area contributed by atoms with Crippen molar-refractivity contribution in [1.82, 2.24) is 19.9 Å². The van der Waals surface area contributed by atoms with Crippen molar-refractivity contribution >= 4 is 33.4 Å². The van der Waals surface area contributed by atoms with Crippen LogP contribution in [0.25, 0.3) is 10.2 Å². The van der Waals surface area contributed by atoms with Crippen LogP contribution < -0.4 is 5.32 Å². The van der Waals surface area contributed by atoms with E-state index >= 15 is 0 Å². The molecule has 3 aromatic rings. The first-order valence-electron chi connectivity index (χ1n) is 8.89. The highest BCUT2D eigenvalue weighted by molar-refractivity contribution is 7.17. The smallest absolute Gasteiger partial charge is 0.274 e. The second-order valence-corrected chi connectivity index (χ2v) is 7.50. The number of anilines is 1. The number of ether oxygens (including phenoxy) is 1. The standard InChI is InChI=1S/C19H21N5O2S/c1-12(13-4-3-7-20-10-13)21-19-22-15-6-9-27-17(15)16(23-19)18(25)24-8-5-14(11-24)26-2/h3-4,6-7,9-10,12,14H,5,8,11H2,1-2H3,(H,21,22,23)/t12-,14+/m0/s1. The summed E-state index contributed by atoms with van der Waals surface area (Å²) >= 11 is 1.49. The molecule has 0 aromatic carbocycles. The predicted molar refractivity (Wildman–Crippen MR) is 105 cm³/mol. The normalized spacial score (nSPS) is 18.0. The molecular formula is C19H21N5O2S. The summed E-state index contributed by atoms with van der Waals surface area (Å²) in [6.45, 7) is 3.30. The Labute approximate surface area is 161 Å². The van der Waals surface area contributed by atoms with Gasteiger partial charge in [-0.3, -0.25) is 9.78 Å². The summed E-state index contributed by atoms with van der Waals surface area (Å²) in [5, 5.41) is 5.23. The summed E-state index contributed by atoms with van der Waals surface area (Å²) in [7, 11) is 1.68. The molecule has 1 fully saturated rings. The Morgan fingerprint density at radius 1 is 1.41 bits per heavy atom. The van der Waals surface area contributed by atoms with Crippen LogP contribution in [0, 0.1) is 0 Å². The van der Waals surface area contributed by atoms with Crippen LogP contribution in [-0.2, 0) is 4.74 Å². The lowest BCUT2D eigenvalue weighted by Gasteiger charge is -2.18. The molecule has 0 unspecified atom stereocenters. The topological polar surface area (TPSA) is 80.2 Å². The van der Waals surface area contributed by atoms with E-state index in [0.717, 1.165) is 22.2 Å². The molecule has 0 radical (unpaired) electrons. The third kappa shape index (κ3) is 3.63. The van der Waals surface area contributed by atoms with Gasteiger partial charge in [0.15, 0.2) is 5.69 Å². The fourth-order valence-electron chi connectivity index (χ4n) is 3.24. The number of carbonyl (C=O) groups excluding carboxylic acids is 1. The van der Waals surface area contributed by atoms with Crippen molar-refractivity contribution in [2.45, 2.75) is 25.5 Å². The second kappa shape index (κ2) is 7.58. The maximum atomic E-state index is 13.1. The average Bonchev–Trinajstić information content (AvgIpc) is 3.36. The Balaban J connectivity index is 1.63. The number of hydrogen-bond donors (Lipinski definition) is 1. The van der Waals surface area contributed by atoms with E-state index in [1.54, 1.807) is 13.3 Å². The molecule has 0 spiro atoms. The van der Waals surface area contributed by atoms with Crippen LogP contribution in [0.5, 0.6) is 0 Å². The van der Waals surface area contributed by atoms with Gasteiger partial charge in [-0.05, 0) is 36.4 Å². The maximum absolute atomic E-state index is 13.1. The molecule has 140 valence electrons. The Hall–Kier alpha value is -2.58. The van der Waals surface area contributed by atoms with E-state index in [2.05, 4.69) is 20.3 Å². The minimum atomic E-state index is -0.0681. The number of nitrogens with zero attached hydrogens (tertiary/aromatic N) is 4. The third-order valence-electron chi connectivity index (χ3n) is 4.80. The van der Waals surface area contributed by atoms with Crippen molar-refractivity contribution in [3.63, 3.8) is 0 Å². The van der Waals surface area contributed by atoms with Gasteiger partial charge in [0.2, 0.25) is 5.95 Å². The van der Waals surface area contributed by atoms with Gasteiger partial charge in [-0.15, -0.1) is 11.3 Å². The second-order valence-electron chi connectivity index (χ2n) is 6.58. The molecule has 1 saturated heterocycles. The van der Waals surface area contributed by atoms with Gasteiger partial charge in [0.25, 0.3) is 5.91 Å². The number of nitrogens with one attached hydrogen (secondary N) is 1. The summed E-state index contributed by atoms with van der Waals surface area (Å²) in [5.41, 5.74) is 2.26. The van der Waals surface area contributed by atoms with E-state index in [1.807, 2.05) is 41.6 Å². The predicted octanol–water partition coefficient (Wildman–Crippen LogP) is 3.12. The Bertz CT molecular complexity index is 946. The average molecular weight is 383 g/mol. The summed E-state index contributed by atoms with van der Waals surface area (Å²) in [4.78, 5) is 28.2. The van der Waals surface area contributed by atoms with Crippen LogP contribution in [0.1, 0.15) is 35.4 Å². The molecule has 0 bridgehead atoms. The lowest BCUT2D eigenvalue weighted by atomic mass is 10.1.